The summed E-state index contributed by atoms with van der Waals surface area (Å²) >= 11 is 0. The fourth-order valence-electron chi connectivity index (χ4n) is 3.65. The monoisotopic (exact) mass is 412 g/mol. The van der Waals surface area contributed by atoms with Crippen LogP contribution < -0.4 is 16.0 Å². The third-order valence-corrected chi connectivity index (χ3v) is 5.48. The Kier molecular flexibility index (Phi) is 12.5. The first kappa shape index (κ1) is 25.4. The zero-order chi connectivity index (χ0) is 21.6. The maximum atomic E-state index is 13.0. The molecule has 2 unspecified atom stereocenters. The molecule has 1 aliphatic heterocycles. The zero-order valence-electron chi connectivity index (χ0n) is 18.3. The van der Waals surface area contributed by atoms with Gasteiger partial charge >= 0.3 is 0 Å². The lowest BCUT2D eigenvalue weighted by molar-refractivity contribution is -0.166. The van der Waals surface area contributed by atoms with Crippen molar-refractivity contribution >= 4 is 18.2 Å². The summed E-state index contributed by atoms with van der Waals surface area (Å²) in [4.78, 5) is 36.6. The number of carbonyl (C=O) groups is 3. The summed E-state index contributed by atoms with van der Waals surface area (Å²) in [5, 5.41) is 19.6. The van der Waals surface area contributed by atoms with Crippen LogP contribution in [0.4, 0.5) is 0 Å². The van der Waals surface area contributed by atoms with Crippen LogP contribution in [0.3, 0.4) is 0 Å². The topological polar surface area (TPSA) is 111 Å². The third kappa shape index (κ3) is 10.1. The Morgan fingerprint density at radius 3 is 2.38 bits per heavy atom. The molecule has 0 aliphatic carbocycles. The van der Waals surface area contributed by atoms with Crippen molar-refractivity contribution in [3.63, 3.8) is 0 Å². The smallest absolute Gasteiger partial charge is 0.242 e. The number of nitrogens with zero attached hydrogens (tertiary/aromatic N) is 1. The first-order valence-electron chi connectivity index (χ1n) is 11.1. The minimum absolute atomic E-state index is 0.157. The number of hydrogen-bond donors (Lipinski definition) is 4. The van der Waals surface area contributed by atoms with Crippen LogP contribution in [0.25, 0.3) is 0 Å². The second kappa shape index (κ2) is 14.3. The van der Waals surface area contributed by atoms with Crippen molar-refractivity contribution in [3.8, 4) is 0 Å². The van der Waals surface area contributed by atoms with Crippen LogP contribution in [0, 0.1) is 11.8 Å². The lowest BCUT2D eigenvalue weighted by atomic mass is 9.89. The maximum Gasteiger partial charge on any atom is 0.242 e. The Hall–Kier alpha value is -1.67. The SMILES string of the molecule is CC(C)CC(C(=O)NC1CCCCNCCCCCCNC1=O)[C@H](C)N(O)C=O. The van der Waals surface area contributed by atoms with Crippen molar-refractivity contribution in [1.29, 1.82) is 0 Å². The van der Waals surface area contributed by atoms with Gasteiger partial charge in [-0.3, -0.25) is 19.6 Å². The summed E-state index contributed by atoms with van der Waals surface area (Å²) in [6, 6.07) is -1.27. The Morgan fingerprint density at radius 1 is 1.14 bits per heavy atom. The standard InChI is InChI=1S/C21H40N4O4/c1-16(2)14-18(17(3)25(29)15-26)20(27)24-19-10-6-9-12-22-11-7-4-5-8-13-23-21(19)28/h15-19,22,29H,4-14H2,1-3H3,(H,23,28)(H,24,27)/t17-,18?,19?/m0/s1. The summed E-state index contributed by atoms with van der Waals surface area (Å²) in [5.41, 5.74) is 0. The highest BCUT2D eigenvalue weighted by Gasteiger charge is 2.32. The second-order valence-corrected chi connectivity index (χ2v) is 8.47. The van der Waals surface area contributed by atoms with Crippen molar-refractivity contribution in [2.45, 2.75) is 84.2 Å². The highest BCUT2D eigenvalue weighted by atomic mass is 16.5. The fraction of sp³-hybridized carbons (Fsp3) is 0.857. The van der Waals surface area contributed by atoms with Crippen LogP contribution in [-0.2, 0) is 14.4 Å². The van der Waals surface area contributed by atoms with E-state index in [-0.39, 0.29) is 17.7 Å². The first-order chi connectivity index (χ1) is 13.9. The molecule has 0 aromatic carbocycles. The molecule has 0 aromatic heterocycles. The van der Waals surface area contributed by atoms with Crippen LogP contribution >= 0.6 is 0 Å². The van der Waals surface area contributed by atoms with Crippen LogP contribution in [0.5, 0.6) is 0 Å². The second-order valence-electron chi connectivity index (χ2n) is 8.47. The molecular weight excluding hydrogens is 372 g/mol. The molecule has 0 radical (unpaired) electrons. The van der Waals surface area contributed by atoms with Gasteiger partial charge < -0.3 is 16.0 Å². The molecule has 4 N–H and O–H groups in total. The van der Waals surface area contributed by atoms with E-state index in [0.717, 1.165) is 51.6 Å². The van der Waals surface area contributed by atoms with E-state index >= 15 is 0 Å². The summed E-state index contributed by atoms with van der Waals surface area (Å²) in [6.07, 6.45) is 7.47. The van der Waals surface area contributed by atoms with Gasteiger partial charge in [0.2, 0.25) is 18.2 Å². The van der Waals surface area contributed by atoms with Gasteiger partial charge in [-0.05, 0) is 64.5 Å². The van der Waals surface area contributed by atoms with Crippen LogP contribution in [0.1, 0.15) is 72.1 Å². The number of nitrogens with one attached hydrogen (secondary N) is 3. The average molecular weight is 413 g/mol. The average Bonchev–Trinajstić information content (AvgIpc) is 2.69. The van der Waals surface area contributed by atoms with Crippen molar-refractivity contribution < 1.29 is 19.6 Å². The minimum atomic E-state index is -0.666. The van der Waals surface area contributed by atoms with Gasteiger partial charge in [0.15, 0.2) is 0 Å². The van der Waals surface area contributed by atoms with E-state index in [1.54, 1.807) is 6.92 Å². The molecule has 3 atom stereocenters. The highest BCUT2D eigenvalue weighted by Crippen LogP contribution is 2.19. The number of amides is 3. The summed E-state index contributed by atoms with van der Waals surface area (Å²) in [6.45, 7) is 8.15. The molecule has 0 bridgehead atoms. The Labute approximate surface area is 175 Å². The van der Waals surface area contributed by atoms with Gasteiger partial charge in [0.1, 0.15) is 6.04 Å². The van der Waals surface area contributed by atoms with Gasteiger partial charge in [0, 0.05) is 6.54 Å². The van der Waals surface area contributed by atoms with E-state index in [1.807, 2.05) is 13.8 Å². The van der Waals surface area contributed by atoms with Crippen LogP contribution in [-0.4, -0.2) is 60.2 Å². The normalized spacial score (nSPS) is 22.1. The van der Waals surface area contributed by atoms with Crippen molar-refractivity contribution in [1.82, 2.24) is 21.0 Å². The van der Waals surface area contributed by atoms with Crippen molar-refractivity contribution in [2.75, 3.05) is 19.6 Å². The van der Waals surface area contributed by atoms with E-state index in [1.165, 1.54) is 0 Å². The molecular formula is C21H40N4O4. The van der Waals surface area contributed by atoms with E-state index in [9.17, 15) is 19.6 Å². The molecule has 29 heavy (non-hydrogen) atoms. The summed E-state index contributed by atoms with van der Waals surface area (Å²) in [7, 11) is 0. The predicted molar refractivity (Wildman–Crippen MR) is 112 cm³/mol. The maximum absolute atomic E-state index is 13.0. The van der Waals surface area contributed by atoms with E-state index < -0.39 is 18.0 Å². The van der Waals surface area contributed by atoms with Crippen LogP contribution in [0.15, 0.2) is 0 Å². The Balaban J connectivity index is 2.79. The third-order valence-electron chi connectivity index (χ3n) is 5.48. The van der Waals surface area contributed by atoms with Crippen molar-refractivity contribution in [2.24, 2.45) is 11.8 Å². The molecule has 8 heteroatoms. The quantitative estimate of drug-likeness (QED) is 0.290. The Morgan fingerprint density at radius 2 is 1.76 bits per heavy atom. The molecule has 1 saturated heterocycles. The van der Waals surface area contributed by atoms with E-state index in [0.29, 0.717) is 30.9 Å². The van der Waals surface area contributed by atoms with Gasteiger partial charge in [-0.1, -0.05) is 26.7 Å². The van der Waals surface area contributed by atoms with Gasteiger partial charge in [0.05, 0.1) is 12.0 Å². The molecule has 0 saturated carbocycles. The minimum Gasteiger partial charge on any atom is -0.354 e. The van der Waals surface area contributed by atoms with E-state index in [2.05, 4.69) is 16.0 Å². The summed E-state index contributed by atoms with van der Waals surface area (Å²) < 4.78 is 0. The molecule has 1 fully saturated rings. The molecule has 8 nitrogen and oxygen atoms in total. The predicted octanol–water partition coefficient (Wildman–Crippen LogP) is 1.82. The molecule has 168 valence electrons. The van der Waals surface area contributed by atoms with Crippen LogP contribution in [0.2, 0.25) is 0 Å². The number of hydroxylamine groups is 2. The van der Waals surface area contributed by atoms with Gasteiger partial charge in [-0.2, -0.15) is 0 Å². The Bertz CT molecular complexity index is 501. The molecule has 0 aromatic rings. The highest BCUT2D eigenvalue weighted by molar-refractivity contribution is 5.88. The first-order valence-corrected chi connectivity index (χ1v) is 11.1. The zero-order valence-corrected chi connectivity index (χ0v) is 18.3. The van der Waals surface area contributed by atoms with Gasteiger partial charge in [-0.15, -0.1) is 0 Å². The van der Waals surface area contributed by atoms with Gasteiger partial charge in [0.25, 0.3) is 0 Å². The largest absolute Gasteiger partial charge is 0.354 e. The van der Waals surface area contributed by atoms with E-state index in [4.69, 9.17) is 0 Å². The van der Waals surface area contributed by atoms with Gasteiger partial charge in [-0.25, -0.2) is 5.06 Å². The molecule has 1 heterocycles. The number of rotatable bonds is 7. The molecule has 3 amide bonds. The fourth-order valence-corrected chi connectivity index (χ4v) is 3.65. The van der Waals surface area contributed by atoms with Crippen molar-refractivity contribution in [3.05, 3.63) is 0 Å². The lowest BCUT2D eigenvalue weighted by Gasteiger charge is -2.29. The number of carbonyl (C=O) groups excluding carboxylic acids is 3. The molecule has 0 spiro atoms. The lowest BCUT2D eigenvalue weighted by Crippen LogP contribution is -2.52. The molecule has 1 aliphatic rings. The molecule has 1 rings (SSSR count). The number of hydrogen-bond acceptors (Lipinski definition) is 5. The summed E-state index contributed by atoms with van der Waals surface area (Å²) in [5.74, 6) is -0.841.